The van der Waals surface area contributed by atoms with Gasteiger partial charge in [-0.1, -0.05) is 41.9 Å². The minimum atomic E-state index is -0.445. The van der Waals surface area contributed by atoms with Crippen molar-refractivity contribution in [3.05, 3.63) is 64.7 Å². The fraction of sp³-hybridized carbons (Fsp3) is 0.188. The summed E-state index contributed by atoms with van der Waals surface area (Å²) in [6, 6.07) is 13.4. The van der Waals surface area contributed by atoms with Crippen LogP contribution in [0.2, 0.25) is 5.02 Å². The van der Waals surface area contributed by atoms with Crippen LogP contribution in [0.5, 0.6) is 5.75 Å². The lowest BCUT2D eigenvalue weighted by Crippen LogP contribution is -2.39. The molecule has 0 aromatic heterocycles. The third kappa shape index (κ3) is 4.21. The molecule has 0 saturated heterocycles. The molecule has 3 N–H and O–H groups in total. The van der Waals surface area contributed by atoms with E-state index in [4.69, 9.17) is 11.6 Å². The quantitative estimate of drug-likeness (QED) is 0.794. The molecule has 5 heteroatoms. The minimum absolute atomic E-state index is 0.130. The van der Waals surface area contributed by atoms with Gasteiger partial charge < -0.3 is 15.5 Å². The van der Waals surface area contributed by atoms with Crippen molar-refractivity contribution in [1.29, 1.82) is 0 Å². The number of nitrogens with one attached hydrogen (secondary N) is 1. The number of aliphatic hydroxyl groups excluding tert-OH is 1. The first-order valence-electron chi connectivity index (χ1n) is 6.54. The van der Waals surface area contributed by atoms with Crippen molar-refractivity contribution >= 4 is 17.5 Å². The predicted molar refractivity (Wildman–Crippen MR) is 81.6 cm³/mol. The van der Waals surface area contributed by atoms with Crippen molar-refractivity contribution in [3.8, 4) is 5.75 Å². The van der Waals surface area contributed by atoms with Crippen LogP contribution in [-0.4, -0.2) is 28.8 Å². The number of aliphatic hydroxyl groups is 1. The highest BCUT2D eigenvalue weighted by molar-refractivity contribution is 6.30. The van der Waals surface area contributed by atoms with Crippen molar-refractivity contribution in [3.63, 3.8) is 0 Å². The van der Waals surface area contributed by atoms with Gasteiger partial charge in [-0.15, -0.1) is 0 Å². The Kier molecular flexibility index (Phi) is 5.20. The fourth-order valence-electron chi connectivity index (χ4n) is 2.02. The molecular weight excluding hydrogens is 290 g/mol. The molecule has 0 aliphatic carbocycles. The number of carbonyl (C=O) groups excluding carboxylic acids is 1. The molecule has 0 unspecified atom stereocenters. The number of benzene rings is 2. The summed E-state index contributed by atoms with van der Waals surface area (Å²) in [6.45, 7) is -0.186. The second-order valence-electron chi connectivity index (χ2n) is 4.70. The first-order valence-corrected chi connectivity index (χ1v) is 6.92. The molecular formula is C16H16ClNO3. The van der Waals surface area contributed by atoms with Gasteiger partial charge in [0.15, 0.2) is 0 Å². The van der Waals surface area contributed by atoms with Gasteiger partial charge in [-0.2, -0.15) is 0 Å². The summed E-state index contributed by atoms with van der Waals surface area (Å²) in [4.78, 5) is 12.1. The van der Waals surface area contributed by atoms with Gasteiger partial charge in [-0.3, -0.25) is 4.79 Å². The van der Waals surface area contributed by atoms with Gasteiger partial charge in [0.1, 0.15) is 5.75 Å². The van der Waals surface area contributed by atoms with Crippen LogP contribution >= 0.6 is 11.6 Å². The van der Waals surface area contributed by atoms with Gasteiger partial charge in [0.2, 0.25) is 0 Å². The van der Waals surface area contributed by atoms with E-state index in [9.17, 15) is 15.0 Å². The molecule has 0 saturated carbocycles. The Morgan fingerprint density at radius 1 is 1.19 bits per heavy atom. The molecule has 0 aliphatic rings. The molecule has 0 fully saturated rings. The van der Waals surface area contributed by atoms with E-state index in [1.54, 1.807) is 0 Å². The molecule has 0 radical (unpaired) electrons. The monoisotopic (exact) mass is 305 g/mol. The maximum atomic E-state index is 12.1. The molecule has 1 amide bonds. The molecule has 2 aromatic rings. The molecule has 0 bridgehead atoms. The summed E-state index contributed by atoms with van der Waals surface area (Å²) in [5.41, 5.74) is 1.14. The maximum absolute atomic E-state index is 12.1. The van der Waals surface area contributed by atoms with Gasteiger partial charge >= 0.3 is 0 Å². The van der Waals surface area contributed by atoms with Gasteiger partial charge in [0.25, 0.3) is 5.91 Å². The number of aromatic hydroxyl groups is 1. The molecule has 0 spiro atoms. The van der Waals surface area contributed by atoms with Crippen LogP contribution < -0.4 is 5.32 Å². The lowest BCUT2D eigenvalue weighted by molar-refractivity contribution is 0.0914. The number of hydrogen-bond acceptors (Lipinski definition) is 3. The van der Waals surface area contributed by atoms with Gasteiger partial charge in [0, 0.05) is 5.02 Å². The molecule has 0 aliphatic heterocycles. The Hall–Kier alpha value is -2.04. The topological polar surface area (TPSA) is 69.6 Å². The fourth-order valence-corrected chi connectivity index (χ4v) is 2.19. The second kappa shape index (κ2) is 7.11. The largest absolute Gasteiger partial charge is 0.507 e. The summed E-state index contributed by atoms with van der Waals surface area (Å²) in [5.74, 6) is -0.629. The summed E-state index contributed by atoms with van der Waals surface area (Å²) in [5, 5.41) is 22.2. The standard InChI is InChI=1S/C16H16ClNO3/c17-12-6-7-14(15(20)9-12)16(21)18-13(10-19)8-11-4-2-1-3-5-11/h1-7,9,13,19-20H,8,10H2,(H,18,21)/t13-/m0/s1. The van der Waals surface area contributed by atoms with Crippen LogP contribution in [0.3, 0.4) is 0 Å². The van der Waals surface area contributed by atoms with Crippen LogP contribution in [0.1, 0.15) is 15.9 Å². The normalized spacial score (nSPS) is 11.9. The number of carbonyl (C=O) groups is 1. The number of phenols is 1. The lowest BCUT2D eigenvalue weighted by atomic mass is 10.1. The molecule has 0 heterocycles. The summed E-state index contributed by atoms with van der Waals surface area (Å²) in [6.07, 6.45) is 0.511. The number of phenolic OH excluding ortho intramolecular Hbond substituents is 1. The third-order valence-electron chi connectivity index (χ3n) is 3.08. The second-order valence-corrected chi connectivity index (χ2v) is 5.14. The van der Waals surface area contributed by atoms with E-state index in [1.165, 1.54) is 18.2 Å². The van der Waals surface area contributed by atoms with E-state index < -0.39 is 11.9 Å². The summed E-state index contributed by atoms with van der Waals surface area (Å²) in [7, 11) is 0. The van der Waals surface area contributed by atoms with Crippen LogP contribution in [0.15, 0.2) is 48.5 Å². The average molecular weight is 306 g/mol. The number of hydrogen-bond donors (Lipinski definition) is 3. The molecule has 4 nitrogen and oxygen atoms in total. The number of rotatable bonds is 5. The van der Waals surface area contributed by atoms with Crippen LogP contribution in [0.25, 0.3) is 0 Å². The maximum Gasteiger partial charge on any atom is 0.255 e. The first kappa shape index (κ1) is 15.4. The van der Waals surface area contributed by atoms with E-state index >= 15 is 0 Å². The molecule has 21 heavy (non-hydrogen) atoms. The van der Waals surface area contributed by atoms with Crippen LogP contribution in [0.4, 0.5) is 0 Å². The summed E-state index contributed by atoms with van der Waals surface area (Å²) >= 11 is 5.73. The van der Waals surface area contributed by atoms with Crippen molar-refractivity contribution in [2.24, 2.45) is 0 Å². The van der Waals surface area contributed by atoms with Crippen molar-refractivity contribution < 1.29 is 15.0 Å². The van der Waals surface area contributed by atoms with Gasteiger partial charge in [-0.05, 0) is 30.2 Å². The minimum Gasteiger partial charge on any atom is -0.507 e. The highest BCUT2D eigenvalue weighted by Crippen LogP contribution is 2.21. The molecule has 110 valence electrons. The summed E-state index contributed by atoms with van der Waals surface area (Å²) < 4.78 is 0. The Morgan fingerprint density at radius 3 is 2.52 bits per heavy atom. The zero-order valence-corrected chi connectivity index (χ0v) is 12.0. The molecule has 1 atom stereocenters. The SMILES string of the molecule is O=C(N[C@H](CO)Cc1ccccc1)c1ccc(Cl)cc1O. The van der Waals surface area contributed by atoms with Crippen molar-refractivity contribution in [2.45, 2.75) is 12.5 Å². The zero-order valence-electron chi connectivity index (χ0n) is 11.3. The number of halogens is 1. The predicted octanol–water partition coefficient (Wildman–Crippen LogP) is 2.38. The Bertz CT molecular complexity index is 616. The zero-order chi connectivity index (χ0) is 15.2. The smallest absolute Gasteiger partial charge is 0.255 e. The van der Waals surface area contributed by atoms with Gasteiger partial charge in [0.05, 0.1) is 18.2 Å². The highest BCUT2D eigenvalue weighted by Gasteiger charge is 2.16. The molecule has 2 rings (SSSR count). The Labute approximate surface area is 128 Å². The first-order chi connectivity index (χ1) is 10.1. The van der Waals surface area contributed by atoms with E-state index in [1.807, 2.05) is 30.3 Å². The van der Waals surface area contributed by atoms with E-state index in [0.29, 0.717) is 11.4 Å². The Balaban J connectivity index is 2.06. The highest BCUT2D eigenvalue weighted by atomic mass is 35.5. The lowest BCUT2D eigenvalue weighted by Gasteiger charge is -2.17. The van der Waals surface area contributed by atoms with Gasteiger partial charge in [-0.25, -0.2) is 0 Å². The van der Waals surface area contributed by atoms with E-state index in [0.717, 1.165) is 5.56 Å². The van der Waals surface area contributed by atoms with Crippen molar-refractivity contribution in [2.75, 3.05) is 6.61 Å². The van der Waals surface area contributed by atoms with E-state index in [-0.39, 0.29) is 17.9 Å². The third-order valence-corrected chi connectivity index (χ3v) is 3.32. The number of amides is 1. The molecule has 2 aromatic carbocycles. The van der Waals surface area contributed by atoms with Crippen LogP contribution in [-0.2, 0) is 6.42 Å². The van der Waals surface area contributed by atoms with E-state index in [2.05, 4.69) is 5.32 Å². The van der Waals surface area contributed by atoms with Crippen molar-refractivity contribution in [1.82, 2.24) is 5.32 Å². The Morgan fingerprint density at radius 2 is 1.90 bits per heavy atom. The average Bonchev–Trinajstić information content (AvgIpc) is 2.47. The van der Waals surface area contributed by atoms with Crippen LogP contribution in [0, 0.1) is 0 Å².